The lowest BCUT2D eigenvalue weighted by molar-refractivity contribution is -0.149. The fourth-order valence-electron chi connectivity index (χ4n) is 2.16. The van der Waals surface area contributed by atoms with Gasteiger partial charge in [-0.05, 0) is 18.6 Å². The molecule has 1 aromatic carbocycles. The van der Waals surface area contributed by atoms with Gasteiger partial charge in [-0.15, -0.1) is 0 Å². The van der Waals surface area contributed by atoms with Crippen LogP contribution in [0.5, 0.6) is 0 Å². The first-order valence-corrected chi connectivity index (χ1v) is 8.86. The fourth-order valence-corrected chi connectivity index (χ4v) is 3.00. The quantitative estimate of drug-likeness (QED) is 0.555. The van der Waals surface area contributed by atoms with E-state index in [1.165, 1.54) is 0 Å². The number of thioether (sulfide) groups is 1. The van der Waals surface area contributed by atoms with Crippen molar-refractivity contribution in [1.82, 2.24) is 14.9 Å². The van der Waals surface area contributed by atoms with E-state index in [0.29, 0.717) is 5.16 Å². The molecule has 1 aromatic heterocycles. The molecule has 0 fully saturated rings. The molecule has 0 atom stereocenters. The summed E-state index contributed by atoms with van der Waals surface area (Å²) in [5.74, 6) is -1.80. The number of hydrogen-bond acceptors (Lipinski definition) is 5. The zero-order valence-electron chi connectivity index (χ0n) is 14.0. The number of esters is 1. The smallest absolute Gasteiger partial charge is 0.405 e. The number of carbonyl (C=O) groups excluding carboxylic acids is 2. The van der Waals surface area contributed by atoms with Crippen LogP contribution in [0.1, 0.15) is 13.3 Å². The van der Waals surface area contributed by atoms with Crippen LogP contribution in [0.15, 0.2) is 29.4 Å². The Kier molecular flexibility index (Phi) is 6.90. The number of fused-ring (bicyclic) bond motifs is 1. The van der Waals surface area contributed by atoms with Crippen LogP contribution in [-0.2, 0) is 20.9 Å². The first-order valence-electron chi connectivity index (χ1n) is 7.87. The predicted octanol–water partition coefficient (Wildman–Crippen LogP) is 2.76. The summed E-state index contributed by atoms with van der Waals surface area (Å²) in [5.41, 5.74) is 1.76. The lowest BCUT2D eigenvalue weighted by Crippen LogP contribution is -2.36. The Morgan fingerprint density at radius 1 is 1.31 bits per heavy atom. The average molecular weight is 389 g/mol. The minimum atomic E-state index is -4.51. The Balaban J connectivity index is 1.86. The molecule has 0 spiro atoms. The number of rotatable bonds is 8. The monoisotopic (exact) mass is 389 g/mol. The summed E-state index contributed by atoms with van der Waals surface area (Å²) in [4.78, 5) is 27.4. The second kappa shape index (κ2) is 8.93. The molecule has 1 N–H and O–H groups in total. The van der Waals surface area contributed by atoms with Crippen molar-refractivity contribution >= 4 is 34.7 Å². The number of hydrogen-bond donors (Lipinski definition) is 1. The SMILES string of the molecule is CCCn1c(SCC(=O)OCC(=O)NCC(F)(F)F)nc2ccccc21. The molecule has 0 saturated heterocycles. The van der Waals surface area contributed by atoms with Gasteiger partial charge in [-0.2, -0.15) is 13.2 Å². The zero-order valence-corrected chi connectivity index (χ0v) is 14.8. The molecule has 1 amide bonds. The summed E-state index contributed by atoms with van der Waals surface area (Å²) < 4.78 is 42.6. The highest BCUT2D eigenvalue weighted by Gasteiger charge is 2.27. The average Bonchev–Trinajstić information content (AvgIpc) is 2.94. The summed E-state index contributed by atoms with van der Waals surface area (Å²) in [6.07, 6.45) is -3.62. The van der Waals surface area contributed by atoms with Gasteiger partial charge in [0.2, 0.25) is 0 Å². The molecule has 6 nitrogen and oxygen atoms in total. The third-order valence-electron chi connectivity index (χ3n) is 3.24. The number of para-hydroxylation sites is 2. The molecule has 0 aliphatic rings. The molecule has 0 aliphatic heterocycles. The lowest BCUT2D eigenvalue weighted by atomic mass is 10.3. The van der Waals surface area contributed by atoms with E-state index in [2.05, 4.69) is 9.72 Å². The number of benzene rings is 1. The van der Waals surface area contributed by atoms with Crippen LogP contribution in [-0.4, -0.2) is 46.5 Å². The number of nitrogens with zero attached hydrogens (tertiary/aromatic N) is 2. The van der Waals surface area contributed by atoms with Gasteiger partial charge in [-0.3, -0.25) is 9.59 Å². The number of alkyl halides is 3. The molecule has 2 aromatic rings. The van der Waals surface area contributed by atoms with Crippen LogP contribution in [0, 0.1) is 0 Å². The number of imidazole rings is 1. The Morgan fingerprint density at radius 3 is 2.73 bits per heavy atom. The zero-order chi connectivity index (χ0) is 19.2. The minimum absolute atomic E-state index is 0.0976. The van der Waals surface area contributed by atoms with Gasteiger partial charge < -0.3 is 14.6 Å². The van der Waals surface area contributed by atoms with Crippen molar-refractivity contribution in [2.75, 3.05) is 18.9 Å². The summed E-state index contributed by atoms with van der Waals surface area (Å²) in [6.45, 7) is 0.550. The second-order valence-corrected chi connectivity index (χ2v) is 6.32. The summed E-state index contributed by atoms with van der Waals surface area (Å²) in [5, 5.41) is 2.28. The van der Waals surface area contributed by atoms with E-state index < -0.39 is 31.2 Å². The van der Waals surface area contributed by atoms with Crippen molar-refractivity contribution in [2.24, 2.45) is 0 Å². The highest BCUT2D eigenvalue weighted by Crippen LogP contribution is 2.24. The molecule has 10 heteroatoms. The number of aryl methyl sites for hydroxylation is 1. The highest BCUT2D eigenvalue weighted by atomic mass is 32.2. The van der Waals surface area contributed by atoms with E-state index >= 15 is 0 Å². The molecule has 142 valence electrons. The third kappa shape index (κ3) is 5.94. The van der Waals surface area contributed by atoms with E-state index in [-0.39, 0.29) is 5.75 Å². The first kappa shape index (κ1) is 20.1. The maximum absolute atomic E-state index is 12.0. The highest BCUT2D eigenvalue weighted by molar-refractivity contribution is 7.99. The van der Waals surface area contributed by atoms with Crippen LogP contribution in [0.4, 0.5) is 13.2 Å². The number of carbonyl (C=O) groups is 2. The van der Waals surface area contributed by atoms with Crippen LogP contribution >= 0.6 is 11.8 Å². The fraction of sp³-hybridized carbons (Fsp3) is 0.438. The van der Waals surface area contributed by atoms with Crippen LogP contribution < -0.4 is 5.32 Å². The van der Waals surface area contributed by atoms with Gasteiger partial charge >= 0.3 is 12.1 Å². The summed E-state index contributed by atoms with van der Waals surface area (Å²) >= 11 is 1.16. The van der Waals surface area contributed by atoms with Crippen molar-refractivity contribution in [3.05, 3.63) is 24.3 Å². The van der Waals surface area contributed by atoms with E-state index in [4.69, 9.17) is 0 Å². The number of aromatic nitrogens is 2. The number of halogens is 3. The van der Waals surface area contributed by atoms with Gasteiger partial charge in [0.1, 0.15) is 6.54 Å². The van der Waals surface area contributed by atoms with Crippen molar-refractivity contribution < 1.29 is 27.5 Å². The summed E-state index contributed by atoms with van der Waals surface area (Å²) in [6, 6.07) is 7.58. The third-order valence-corrected chi connectivity index (χ3v) is 4.19. The molecule has 0 radical (unpaired) electrons. The van der Waals surface area contributed by atoms with E-state index in [9.17, 15) is 22.8 Å². The van der Waals surface area contributed by atoms with Crippen molar-refractivity contribution in [1.29, 1.82) is 0 Å². The molecular formula is C16H18F3N3O3S. The van der Waals surface area contributed by atoms with Crippen molar-refractivity contribution in [3.8, 4) is 0 Å². The van der Waals surface area contributed by atoms with E-state index in [1.54, 1.807) is 5.32 Å². The number of amides is 1. The number of nitrogens with one attached hydrogen (secondary N) is 1. The molecule has 0 unspecified atom stereocenters. The molecule has 2 rings (SSSR count). The molecule has 0 aliphatic carbocycles. The molecular weight excluding hydrogens is 371 g/mol. The van der Waals surface area contributed by atoms with Gasteiger partial charge in [-0.1, -0.05) is 30.8 Å². The number of ether oxygens (including phenoxy) is 1. The Morgan fingerprint density at radius 2 is 2.04 bits per heavy atom. The lowest BCUT2D eigenvalue weighted by Gasteiger charge is -2.09. The van der Waals surface area contributed by atoms with E-state index in [0.717, 1.165) is 35.8 Å². The van der Waals surface area contributed by atoms with Gasteiger partial charge in [0.05, 0.1) is 16.8 Å². The normalized spacial score (nSPS) is 11.5. The maximum Gasteiger partial charge on any atom is 0.405 e. The van der Waals surface area contributed by atoms with Crippen molar-refractivity contribution in [3.63, 3.8) is 0 Å². The predicted molar refractivity (Wildman–Crippen MR) is 90.8 cm³/mol. The first-order chi connectivity index (χ1) is 12.3. The van der Waals surface area contributed by atoms with E-state index in [1.807, 2.05) is 35.8 Å². The maximum atomic E-state index is 12.0. The van der Waals surface area contributed by atoms with Gasteiger partial charge in [0.25, 0.3) is 5.91 Å². The standard InChI is InChI=1S/C16H18F3N3O3S/c1-2-7-22-12-6-4-3-5-11(12)21-15(22)26-9-14(24)25-8-13(23)20-10-16(17,18)19/h3-6H,2,7-10H2,1H3,(H,20,23). The topological polar surface area (TPSA) is 73.2 Å². The summed E-state index contributed by atoms with van der Waals surface area (Å²) in [7, 11) is 0. The molecule has 0 bridgehead atoms. The molecule has 1 heterocycles. The minimum Gasteiger partial charge on any atom is -0.455 e. The Hall–Kier alpha value is -2.23. The van der Waals surface area contributed by atoms with Gasteiger partial charge in [0.15, 0.2) is 11.8 Å². The van der Waals surface area contributed by atoms with Crippen LogP contribution in [0.3, 0.4) is 0 Å². The molecule has 0 saturated carbocycles. The second-order valence-electron chi connectivity index (χ2n) is 5.38. The van der Waals surface area contributed by atoms with Gasteiger partial charge in [-0.25, -0.2) is 4.98 Å². The Bertz CT molecular complexity index is 777. The van der Waals surface area contributed by atoms with Crippen LogP contribution in [0.25, 0.3) is 11.0 Å². The Labute approximate surface area is 152 Å². The van der Waals surface area contributed by atoms with Crippen LogP contribution in [0.2, 0.25) is 0 Å². The van der Waals surface area contributed by atoms with Crippen molar-refractivity contribution in [2.45, 2.75) is 31.2 Å². The van der Waals surface area contributed by atoms with Gasteiger partial charge in [0, 0.05) is 6.54 Å². The molecule has 26 heavy (non-hydrogen) atoms. The largest absolute Gasteiger partial charge is 0.455 e.